The number of benzene rings is 1. The van der Waals surface area contributed by atoms with Crippen molar-refractivity contribution in [3.63, 3.8) is 0 Å². The van der Waals surface area contributed by atoms with Crippen molar-refractivity contribution in [1.29, 1.82) is 0 Å². The third-order valence-corrected chi connectivity index (χ3v) is 4.69. The number of likely N-dealkylation sites (N-methyl/N-ethyl adjacent to an activating group) is 1. The zero-order chi connectivity index (χ0) is 14.4. The highest BCUT2D eigenvalue weighted by Gasteiger charge is 2.21. The van der Waals surface area contributed by atoms with Crippen molar-refractivity contribution in [2.24, 2.45) is 0 Å². The highest BCUT2D eigenvalue weighted by molar-refractivity contribution is 5.25. The molecular formula is C18H30N2. The number of hydrogen-bond acceptors (Lipinski definition) is 2. The van der Waals surface area contributed by atoms with Gasteiger partial charge in [0.15, 0.2) is 0 Å². The predicted octanol–water partition coefficient (Wildman–Crippen LogP) is 3.77. The summed E-state index contributed by atoms with van der Waals surface area (Å²) in [6, 6.07) is 10.1. The van der Waals surface area contributed by atoms with Crippen molar-refractivity contribution < 1.29 is 0 Å². The normalized spacial score (nSPS) is 17.8. The summed E-state index contributed by atoms with van der Waals surface area (Å²) in [5, 5.41) is 3.25. The van der Waals surface area contributed by atoms with Crippen LogP contribution in [0.4, 0.5) is 0 Å². The minimum absolute atomic E-state index is 0.589. The van der Waals surface area contributed by atoms with Crippen molar-refractivity contribution in [1.82, 2.24) is 10.2 Å². The molecule has 2 nitrogen and oxygen atoms in total. The Morgan fingerprint density at radius 1 is 1.20 bits per heavy atom. The summed E-state index contributed by atoms with van der Waals surface area (Å²) in [5.41, 5.74) is 2.89. The van der Waals surface area contributed by atoms with Crippen LogP contribution in [0.25, 0.3) is 0 Å². The molecular weight excluding hydrogens is 244 g/mol. The van der Waals surface area contributed by atoms with Crippen LogP contribution in [0.15, 0.2) is 24.3 Å². The second-order valence-electron chi connectivity index (χ2n) is 6.20. The van der Waals surface area contributed by atoms with Gasteiger partial charge in [-0.15, -0.1) is 0 Å². The van der Waals surface area contributed by atoms with Crippen LogP contribution in [0.3, 0.4) is 0 Å². The maximum Gasteiger partial charge on any atom is 0.0236 e. The molecule has 20 heavy (non-hydrogen) atoms. The smallest absolute Gasteiger partial charge is 0.0236 e. The number of rotatable bonds is 7. The molecule has 0 heterocycles. The van der Waals surface area contributed by atoms with Crippen LogP contribution in [-0.4, -0.2) is 31.1 Å². The Hall–Kier alpha value is -0.860. The van der Waals surface area contributed by atoms with E-state index in [0.717, 1.165) is 19.1 Å². The molecule has 1 aromatic carbocycles. The van der Waals surface area contributed by atoms with Crippen LogP contribution >= 0.6 is 0 Å². The quantitative estimate of drug-likeness (QED) is 0.814. The van der Waals surface area contributed by atoms with E-state index < -0.39 is 0 Å². The Morgan fingerprint density at radius 3 is 2.40 bits per heavy atom. The van der Waals surface area contributed by atoms with E-state index in [0.29, 0.717) is 5.92 Å². The molecule has 1 aliphatic carbocycles. The van der Waals surface area contributed by atoms with Crippen LogP contribution in [0.5, 0.6) is 0 Å². The number of nitrogens with zero attached hydrogens (tertiary/aromatic N) is 1. The van der Waals surface area contributed by atoms with E-state index in [1.54, 1.807) is 0 Å². The van der Waals surface area contributed by atoms with E-state index in [1.807, 2.05) is 7.05 Å². The van der Waals surface area contributed by atoms with Gasteiger partial charge in [0.2, 0.25) is 0 Å². The van der Waals surface area contributed by atoms with Gasteiger partial charge in [0.25, 0.3) is 0 Å². The SMILES string of the molecule is CCN(Cc1ccc(C(C)CNC)cc1)C1CCCC1. The summed E-state index contributed by atoms with van der Waals surface area (Å²) in [7, 11) is 2.02. The maximum absolute atomic E-state index is 3.25. The van der Waals surface area contributed by atoms with Crippen molar-refractivity contribution in [2.45, 2.75) is 58.0 Å². The lowest BCUT2D eigenvalue weighted by Crippen LogP contribution is -2.32. The van der Waals surface area contributed by atoms with Crippen LogP contribution in [0.1, 0.15) is 56.6 Å². The predicted molar refractivity (Wildman–Crippen MR) is 87.1 cm³/mol. The van der Waals surface area contributed by atoms with Gasteiger partial charge in [0.05, 0.1) is 0 Å². The van der Waals surface area contributed by atoms with Gasteiger partial charge >= 0.3 is 0 Å². The molecule has 0 saturated heterocycles. The number of nitrogens with one attached hydrogen (secondary N) is 1. The third kappa shape index (κ3) is 4.07. The van der Waals surface area contributed by atoms with Crippen LogP contribution in [0.2, 0.25) is 0 Å². The van der Waals surface area contributed by atoms with Gasteiger partial charge in [0.1, 0.15) is 0 Å². The van der Waals surface area contributed by atoms with Crippen molar-refractivity contribution in [3.05, 3.63) is 35.4 Å². The van der Waals surface area contributed by atoms with E-state index in [9.17, 15) is 0 Å². The Morgan fingerprint density at radius 2 is 1.85 bits per heavy atom. The summed E-state index contributed by atoms with van der Waals surface area (Å²) < 4.78 is 0. The minimum Gasteiger partial charge on any atom is -0.319 e. The maximum atomic E-state index is 3.25. The highest BCUT2D eigenvalue weighted by atomic mass is 15.1. The van der Waals surface area contributed by atoms with E-state index in [1.165, 1.54) is 43.4 Å². The fourth-order valence-electron chi connectivity index (χ4n) is 3.38. The highest BCUT2D eigenvalue weighted by Crippen LogP contribution is 2.25. The molecule has 0 amide bonds. The summed E-state index contributed by atoms with van der Waals surface area (Å²) in [5.74, 6) is 0.589. The molecule has 1 aromatic rings. The Balaban J connectivity index is 1.95. The van der Waals surface area contributed by atoms with E-state index in [4.69, 9.17) is 0 Å². The van der Waals surface area contributed by atoms with E-state index in [2.05, 4.69) is 48.3 Å². The first-order valence-corrected chi connectivity index (χ1v) is 8.22. The molecule has 1 fully saturated rings. The second kappa shape index (κ2) is 7.80. The summed E-state index contributed by atoms with van der Waals surface area (Å²) in [4.78, 5) is 2.65. The minimum atomic E-state index is 0.589. The molecule has 0 radical (unpaired) electrons. The summed E-state index contributed by atoms with van der Waals surface area (Å²) in [6.07, 6.45) is 5.62. The molecule has 0 aromatic heterocycles. The van der Waals surface area contributed by atoms with Gasteiger partial charge in [-0.3, -0.25) is 4.90 Å². The van der Waals surface area contributed by atoms with Gasteiger partial charge in [-0.05, 0) is 43.5 Å². The largest absolute Gasteiger partial charge is 0.319 e. The van der Waals surface area contributed by atoms with Crippen molar-refractivity contribution in [3.8, 4) is 0 Å². The molecule has 2 rings (SSSR count). The average Bonchev–Trinajstić information content (AvgIpc) is 2.99. The second-order valence-corrected chi connectivity index (χ2v) is 6.20. The zero-order valence-electron chi connectivity index (χ0n) is 13.4. The topological polar surface area (TPSA) is 15.3 Å². The van der Waals surface area contributed by atoms with Gasteiger partial charge in [-0.25, -0.2) is 0 Å². The molecule has 0 spiro atoms. The first kappa shape index (κ1) is 15.5. The molecule has 1 unspecified atom stereocenters. The van der Waals surface area contributed by atoms with E-state index in [-0.39, 0.29) is 0 Å². The molecule has 1 atom stereocenters. The average molecular weight is 274 g/mol. The third-order valence-electron chi connectivity index (χ3n) is 4.69. The van der Waals surface area contributed by atoms with Gasteiger partial charge in [-0.2, -0.15) is 0 Å². The first-order chi connectivity index (χ1) is 9.74. The van der Waals surface area contributed by atoms with Crippen LogP contribution in [0, 0.1) is 0 Å². The molecule has 0 bridgehead atoms. The van der Waals surface area contributed by atoms with E-state index >= 15 is 0 Å². The number of hydrogen-bond donors (Lipinski definition) is 1. The molecule has 112 valence electrons. The Kier molecular flexibility index (Phi) is 6.06. The zero-order valence-corrected chi connectivity index (χ0v) is 13.4. The van der Waals surface area contributed by atoms with Gasteiger partial charge in [0, 0.05) is 19.1 Å². The fraction of sp³-hybridized carbons (Fsp3) is 0.667. The lowest BCUT2D eigenvalue weighted by molar-refractivity contribution is 0.200. The molecule has 1 aliphatic rings. The molecule has 2 heteroatoms. The monoisotopic (exact) mass is 274 g/mol. The lowest BCUT2D eigenvalue weighted by Gasteiger charge is -2.27. The Bertz CT molecular complexity index is 379. The molecule has 0 aliphatic heterocycles. The lowest BCUT2D eigenvalue weighted by atomic mass is 9.99. The van der Waals surface area contributed by atoms with Crippen molar-refractivity contribution in [2.75, 3.05) is 20.1 Å². The summed E-state index contributed by atoms with van der Waals surface area (Å²) >= 11 is 0. The Labute approximate surface area is 124 Å². The first-order valence-electron chi connectivity index (χ1n) is 8.22. The van der Waals surface area contributed by atoms with Gasteiger partial charge < -0.3 is 5.32 Å². The fourth-order valence-corrected chi connectivity index (χ4v) is 3.38. The standard InChI is InChI=1S/C18H30N2/c1-4-20(18-7-5-6-8-18)14-16-9-11-17(12-10-16)15(2)13-19-3/h9-12,15,18-19H,4-8,13-14H2,1-3H3. The summed E-state index contributed by atoms with van der Waals surface area (Å²) in [6.45, 7) is 7.90. The molecule has 1 N–H and O–H groups in total. The van der Waals surface area contributed by atoms with Crippen LogP contribution in [-0.2, 0) is 6.54 Å². The van der Waals surface area contributed by atoms with Gasteiger partial charge in [-0.1, -0.05) is 51.0 Å². The van der Waals surface area contributed by atoms with Crippen LogP contribution < -0.4 is 5.32 Å². The molecule has 1 saturated carbocycles. The van der Waals surface area contributed by atoms with Crippen molar-refractivity contribution >= 4 is 0 Å².